The van der Waals surface area contributed by atoms with Crippen molar-refractivity contribution in [3.63, 3.8) is 0 Å². The lowest BCUT2D eigenvalue weighted by Gasteiger charge is -2.19. The van der Waals surface area contributed by atoms with E-state index in [0.717, 1.165) is 17.9 Å². The van der Waals surface area contributed by atoms with Gasteiger partial charge in [-0.1, -0.05) is 0 Å². The molecular formula is C17H25N5O2S. The summed E-state index contributed by atoms with van der Waals surface area (Å²) in [6.07, 6.45) is 5.13. The molecule has 2 aromatic heterocycles. The Bertz CT molecular complexity index is 923. The summed E-state index contributed by atoms with van der Waals surface area (Å²) in [7, 11) is -1.73. The predicted molar refractivity (Wildman–Crippen MR) is 94.0 cm³/mol. The maximum atomic E-state index is 13.2. The van der Waals surface area contributed by atoms with Crippen molar-refractivity contribution in [2.45, 2.75) is 56.9 Å². The molecule has 1 saturated carbocycles. The number of nitrogens with zero attached hydrogens (tertiary/aromatic N) is 5. The Morgan fingerprint density at radius 2 is 1.88 bits per heavy atom. The van der Waals surface area contributed by atoms with Gasteiger partial charge in [0.05, 0.1) is 17.4 Å². The zero-order valence-electron chi connectivity index (χ0n) is 15.2. The van der Waals surface area contributed by atoms with Gasteiger partial charge in [-0.05, 0) is 40.0 Å². The monoisotopic (exact) mass is 363 g/mol. The summed E-state index contributed by atoms with van der Waals surface area (Å²) < 4.78 is 31.9. The Balaban J connectivity index is 1.63. The van der Waals surface area contributed by atoms with E-state index in [-0.39, 0.29) is 6.04 Å². The first-order valence-electron chi connectivity index (χ1n) is 8.84. The van der Waals surface area contributed by atoms with Crippen LogP contribution >= 0.6 is 0 Å². The molecule has 1 aliphatic heterocycles. The summed E-state index contributed by atoms with van der Waals surface area (Å²) in [5.74, 6) is 1.69. The van der Waals surface area contributed by atoms with Gasteiger partial charge in [0.2, 0.25) is 10.0 Å². The van der Waals surface area contributed by atoms with Crippen LogP contribution in [0.2, 0.25) is 0 Å². The lowest BCUT2D eigenvalue weighted by atomic mass is 10.2. The third-order valence-electron chi connectivity index (χ3n) is 5.48. The number of aromatic nitrogens is 4. The second-order valence-corrected chi connectivity index (χ2v) is 9.21. The molecule has 25 heavy (non-hydrogen) atoms. The number of hydrogen-bond acceptors (Lipinski definition) is 4. The minimum Gasteiger partial charge on any atom is -0.328 e. The average Bonchev–Trinajstić information content (AvgIpc) is 3.02. The zero-order valence-corrected chi connectivity index (χ0v) is 16.0. The summed E-state index contributed by atoms with van der Waals surface area (Å²) in [6, 6.07) is 0.171. The normalized spacial score (nSPS) is 22.0. The lowest BCUT2D eigenvalue weighted by Crippen LogP contribution is -2.30. The maximum Gasteiger partial charge on any atom is 0.246 e. The van der Waals surface area contributed by atoms with Crippen LogP contribution in [-0.4, -0.2) is 45.1 Å². The smallest absolute Gasteiger partial charge is 0.246 e. The van der Waals surface area contributed by atoms with Gasteiger partial charge in [-0.3, -0.25) is 4.68 Å². The topological polar surface area (TPSA) is 73.0 Å². The predicted octanol–water partition coefficient (Wildman–Crippen LogP) is 2.05. The van der Waals surface area contributed by atoms with Crippen molar-refractivity contribution >= 4 is 10.0 Å². The van der Waals surface area contributed by atoms with Crippen molar-refractivity contribution in [1.82, 2.24) is 23.6 Å². The first kappa shape index (κ1) is 16.8. The van der Waals surface area contributed by atoms with Crippen molar-refractivity contribution in [2.24, 2.45) is 7.05 Å². The number of imidazole rings is 1. The largest absolute Gasteiger partial charge is 0.328 e. The molecule has 0 N–H and O–H groups in total. The second-order valence-electron chi connectivity index (χ2n) is 7.33. The molecule has 0 aromatic carbocycles. The van der Waals surface area contributed by atoms with Crippen LogP contribution in [0.15, 0.2) is 11.1 Å². The molecule has 1 saturated heterocycles. The zero-order chi connectivity index (χ0) is 17.9. The number of rotatable bonds is 4. The highest BCUT2D eigenvalue weighted by atomic mass is 32.2. The quantitative estimate of drug-likeness (QED) is 0.833. The molecule has 8 heteroatoms. The Hall–Kier alpha value is -1.67. The molecular weight excluding hydrogens is 338 g/mol. The third kappa shape index (κ3) is 2.62. The van der Waals surface area contributed by atoms with Crippen molar-refractivity contribution < 1.29 is 8.42 Å². The van der Waals surface area contributed by atoms with Crippen LogP contribution in [-0.2, 0) is 17.1 Å². The van der Waals surface area contributed by atoms with Gasteiger partial charge in [0.1, 0.15) is 10.7 Å². The van der Waals surface area contributed by atoms with Gasteiger partial charge >= 0.3 is 0 Å². The van der Waals surface area contributed by atoms with Crippen LogP contribution in [0.5, 0.6) is 0 Å². The molecule has 3 heterocycles. The van der Waals surface area contributed by atoms with E-state index >= 15 is 0 Å². The summed E-state index contributed by atoms with van der Waals surface area (Å²) in [6.45, 7) is 6.69. The third-order valence-corrected chi connectivity index (χ3v) is 7.60. The average molecular weight is 363 g/mol. The van der Waals surface area contributed by atoms with Crippen molar-refractivity contribution in [3.8, 4) is 0 Å². The van der Waals surface area contributed by atoms with E-state index in [1.807, 2.05) is 13.1 Å². The molecule has 7 nitrogen and oxygen atoms in total. The summed E-state index contributed by atoms with van der Waals surface area (Å²) >= 11 is 0. The van der Waals surface area contributed by atoms with E-state index in [4.69, 9.17) is 0 Å². The first-order valence-corrected chi connectivity index (χ1v) is 10.3. The Morgan fingerprint density at radius 1 is 1.16 bits per heavy atom. The first-order chi connectivity index (χ1) is 11.8. The van der Waals surface area contributed by atoms with E-state index < -0.39 is 10.0 Å². The Morgan fingerprint density at radius 3 is 2.48 bits per heavy atom. The van der Waals surface area contributed by atoms with Crippen LogP contribution in [0, 0.1) is 20.8 Å². The van der Waals surface area contributed by atoms with Gasteiger partial charge in [-0.15, -0.1) is 0 Å². The Kier molecular flexibility index (Phi) is 3.81. The fourth-order valence-electron chi connectivity index (χ4n) is 3.98. The van der Waals surface area contributed by atoms with Gasteiger partial charge in [0, 0.05) is 37.9 Å². The highest BCUT2D eigenvalue weighted by Gasteiger charge is 2.39. The van der Waals surface area contributed by atoms with Gasteiger partial charge in [0.15, 0.2) is 0 Å². The second kappa shape index (κ2) is 5.67. The molecule has 1 unspecified atom stereocenters. The molecule has 1 aliphatic carbocycles. The minimum absolute atomic E-state index is 0.171. The van der Waals surface area contributed by atoms with E-state index in [1.54, 1.807) is 23.0 Å². The highest BCUT2D eigenvalue weighted by molar-refractivity contribution is 7.89. The van der Waals surface area contributed by atoms with E-state index in [1.165, 1.54) is 12.8 Å². The number of hydrogen-bond donors (Lipinski definition) is 0. The number of sulfonamides is 1. The molecule has 1 atom stereocenters. The number of aryl methyl sites for hydroxylation is 3. The lowest BCUT2D eigenvalue weighted by molar-refractivity contribution is 0.442. The molecule has 0 radical (unpaired) electrons. The maximum absolute atomic E-state index is 13.2. The molecule has 2 aliphatic rings. The summed E-state index contributed by atoms with van der Waals surface area (Å²) in [5.41, 5.74) is 2.39. The fraction of sp³-hybridized carbons (Fsp3) is 0.647. The molecule has 4 rings (SSSR count). The molecule has 136 valence electrons. The van der Waals surface area contributed by atoms with Gasteiger partial charge in [-0.25, -0.2) is 13.4 Å². The van der Waals surface area contributed by atoms with Gasteiger partial charge < -0.3 is 4.57 Å². The molecule has 0 bridgehead atoms. The van der Waals surface area contributed by atoms with Crippen LogP contribution < -0.4 is 0 Å². The van der Waals surface area contributed by atoms with E-state index in [2.05, 4.69) is 21.6 Å². The Labute approximate surface area is 148 Å². The van der Waals surface area contributed by atoms with Crippen LogP contribution in [0.25, 0.3) is 0 Å². The van der Waals surface area contributed by atoms with Crippen molar-refractivity contribution in [2.75, 3.05) is 13.1 Å². The summed E-state index contributed by atoms with van der Waals surface area (Å²) in [5, 5.41) is 4.27. The van der Waals surface area contributed by atoms with Crippen molar-refractivity contribution in [3.05, 3.63) is 29.1 Å². The van der Waals surface area contributed by atoms with Gasteiger partial charge in [-0.2, -0.15) is 9.40 Å². The standard InChI is InChI=1S/C17H25N5O2S/c1-11-9-18-17(14-5-6-14)22(11)15-7-8-21(10-15)25(23,24)16-12(2)19-20(4)13(16)3/h9,14-15H,5-8,10H2,1-4H3. The van der Waals surface area contributed by atoms with E-state index in [0.29, 0.717) is 35.3 Å². The molecule has 2 aromatic rings. The van der Waals surface area contributed by atoms with Crippen LogP contribution in [0.3, 0.4) is 0 Å². The summed E-state index contributed by atoms with van der Waals surface area (Å²) in [4.78, 5) is 4.94. The van der Waals surface area contributed by atoms with Gasteiger partial charge in [0.25, 0.3) is 0 Å². The van der Waals surface area contributed by atoms with Crippen LogP contribution in [0.1, 0.15) is 54.1 Å². The van der Waals surface area contributed by atoms with Crippen molar-refractivity contribution in [1.29, 1.82) is 0 Å². The molecule has 2 fully saturated rings. The molecule has 0 spiro atoms. The van der Waals surface area contributed by atoms with E-state index in [9.17, 15) is 8.42 Å². The SMILES string of the molecule is Cc1nn(C)c(C)c1S(=O)(=O)N1CCC(n2c(C)cnc2C2CC2)C1. The van der Waals surface area contributed by atoms with Crippen LogP contribution in [0.4, 0.5) is 0 Å². The highest BCUT2D eigenvalue weighted by Crippen LogP contribution is 2.42. The molecule has 0 amide bonds. The fourth-order valence-corrected chi connectivity index (χ4v) is 5.87. The minimum atomic E-state index is -3.52.